The number of aryl methyl sites for hydroxylation is 1. The van der Waals surface area contributed by atoms with Crippen molar-refractivity contribution >= 4 is 21.8 Å². The van der Waals surface area contributed by atoms with E-state index in [-0.39, 0.29) is 11.9 Å². The summed E-state index contributed by atoms with van der Waals surface area (Å²) in [6, 6.07) is 6.09. The van der Waals surface area contributed by atoms with Crippen LogP contribution in [0.4, 0.5) is 0 Å². The van der Waals surface area contributed by atoms with Crippen LogP contribution in [0.2, 0.25) is 0 Å². The molecule has 2 rings (SSSR count). The highest BCUT2D eigenvalue weighted by atomic mass is 79.9. The molecule has 1 aliphatic carbocycles. The molecule has 0 spiro atoms. The Kier molecular flexibility index (Phi) is 3.87. The average Bonchev–Trinajstić information content (AvgIpc) is 2.12. The number of carbonyl (C=O) groups excluding carboxylic acids is 1. The number of amides is 1. The van der Waals surface area contributed by atoms with E-state index >= 15 is 0 Å². The zero-order chi connectivity index (χ0) is 12.4. The second-order valence-corrected chi connectivity index (χ2v) is 5.89. The van der Waals surface area contributed by atoms with Crippen molar-refractivity contribution in [3.63, 3.8) is 0 Å². The fraction of sp³-hybridized carbons (Fsp3) is 0.500. The molecule has 1 aromatic carbocycles. The van der Waals surface area contributed by atoms with Crippen LogP contribution in [0.1, 0.15) is 42.1 Å². The van der Waals surface area contributed by atoms with Gasteiger partial charge < -0.3 is 5.32 Å². The van der Waals surface area contributed by atoms with Crippen molar-refractivity contribution in [2.24, 2.45) is 5.92 Å². The van der Waals surface area contributed by atoms with Gasteiger partial charge in [-0.3, -0.25) is 4.79 Å². The Bertz CT molecular complexity index is 406. The first kappa shape index (κ1) is 12.6. The normalized spacial score (nSPS) is 17.4. The fourth-order valence-electron chi connectivity index (χ4n) is 2.22. The summed E-state index contributed by atoms with van der Waals surface area (Å²) in [6.45, 7) is 4.10. The maximum Gasteiger partial charge on any atom is 0.251 e. The highest BCUT2D eigenvalue weighted by Gasteiger charge is 2.25. The van der Waals surface area contributed by atoms with Crippen LogP contribution in [0.25, 0.3) is 0 Å². The van der Waals surface area contributed by atoms with E-state index in [1.165, 1.54) is 19.3 Å². The summed E-state index contributed by atoms with van der Waals surface area (Å²) in [4.78, 5) is 12.1. The molecular weight excluding hydrogens is 278 g/mol. The molecule has 0 heterocycles. The summed E-state index contributed by atoms with van der Waals surface area (Å²) in [7, 11) is 0. The van der Waals surface area contributed by atoms with Gasteiger partial charge in [0.1, 0.15) is 0 Å². The van der Waals surface area contributed by atoms with Crippen molar-refractivity contribution in [1.29, 1.82) is 0 Å². The zero-order valence-corrected chi connectivity index (χ0v) is 11.9. The van der Waals surface area contributed by atoms with E-state index in [0.717, 1.165) is 15.6 Å². The quantitative estimate of drug-likeness (QED) is 0.906. The molecule has 3 heteroatoms. The second kappa shape index (κ2) is 5.21. The van der Waals surface area contributed by atoms with E-state index < -0.39 is 0 Å². The van der Waals surface area contributed by atoms with Crippen LogP contribution in [0, 0.1) is 12.8 Å². The first-order valence-electron chi connectivity index (χ1n) is 6.14. The highest BCUT2D eigenvalue weighted by molar-refractivity contribution is 9.10. The zero-order valence-electron chi connectivity index (χ0n) is 10.3. The minimum absolute atomic E-state index is 0.0359. The SMILES string of the molecule is Cc1cc(Br)cc(C(=O)NC(C)C2CCC2)c1. The summed E-state index contributed by atoms with van der Waals surface area (Å²) in [5.41, 5.74) is 1.84. The van der Waals surface area contributed by atoms with Crippen molar-refractivity contribution in [1.82, 2.24) is 5.32 Å². The molecular formula is C14H18BrNO. The molecule has 1 fully saturated rings. The van der Waals surface area contributed by atoms with Crippen LogP contribution >= 0.6 is 15.9 Å². The summed E-state index contributed by atoms with van der Waals surface area (Å²) in [6.07, 6.45) is 3.80. The van der Waals surface area contributed by atoms with Gasteiger partial charge >= 0.3 is 0 Å². The largest absolute Gasteiger partial charge is 0.349 e. The first-order chi connectivity index (χ1) is 8.06. The molecule has 1 N–H and O–H groups in total. The lowest BCUT2D eigenvalue weighted by atomic mass is 9.80. The number of rotatable bonds is 3. The van der Waals surface area contributed by atoms with Gasteiger partial charge in [0.05, 0.1) is 0 Å². The molecule has 0 radical (unpaired) electrons. The Morgan fingerprint density at radius 3 is 2.65 bits per heavy atom. The molecule has 1 unspecified atom stereocenters. The lowest BCUT2D eigenvalue weighted by Gasteiger charge is -2.31. The van der Waals surface area contributed by atoms with Crippen LogP contribution < -0.4 is 5.32 Å². The van der Waals surface area contributed by atoms with E-state index in [2.05, 4.69) is 28.2 Å². The molecule has 1 aromatic rings. The number of halogens is 1. The highest BCUT2D eigenvalue weighted by Crippen LogP contribution is 2.29. The molecule has 1 aliphatic rings. The number of nitrogens with one attached hydrogen (secondary N) is 1. The third-order valence-corrected chi connectivity index (χ3v) is 3.98. The second-order valence-electron chi connectivity index (χ2n) is 4.97. The van der Waals surface area contributed by atoms with Crippen LogP contribution in [-0.4, -0.2) is 11.9 Å². The number of hydrogen-bond acceptors (Lipinski definition) is 1. The molecule has 0 aromatic heterocycles. The Morgan fingerprint density at radius 2 is 2.12 bits per heavy atom. The molecule has 17 heavy (non-hydrogen) atoms. The molecule has 0 aliphatic heterocycles. The van der Waals surface area contributed by atoms with Crippen LogP contribution in [-0.2, 0) is 0 Å². The molecule has 2 nitrogen and oxygen atoms in total. The van der Waals surface area contributed by atoms with Crippen molar-refractivity contribution < 1.29 is 4.79 Å². The van der Waals surface area contributed by atoms with Gasteiger partial charge in [-0.1, -0.05) is 22.4 Å². The van der Waals surface area contributed by atoms with Crippen molar-refractivity contribution in [2.45, 2.75) is 39.2 Å². The van der Waals surface area contributed by atoms with Gasteiger partial charge in [-0.15, -0.1) is 0 Å². The molecule has 0 bridgehead atoms. The van der Waals surface area contributed by atoms with Gasteiger partial charge in [0.15, 0.2) is 0 Å². The first-order valence-corrected chi connectivity index (χ1v) is 6.93. The summed E-state index contributed by atoms with van der Waals surface area (Å²) >= 11 is 3.42. The summed E-state index contributed by atoms with van der Waals surface area (Å²) < 4.78 is 0.957. The van der Waals surface area contributed by atoms with E-state index in [1.54, 1.807) is 0 Å². The lowest BCUT2D eigenvalue weighted by Crippen LogP contribution is -2.40. The van der Waals surface area contributed by atoms with Crippen molar-refractivity contribution in [2.75, 3.05) is 0 Å². The van der Waals surface area contributed by atoms with Gasteiger partial charge in [0.2, 0.25) is 0 Å². The van der Waals surface area contributed by atoms with E-state index in [1.807, 2.05) is 25.1 Å². The third kappa shape index (κ3) is 3.09. The Balaban J connectivity index is 2.03. The van der Waals surface area contributed by atoms with Gasteiger partial charge in [-0.2, -0.15) is 0 Å². The fourth-order valence-corrected chi connectivity index (χ4v) is 2.82. The predicted octanol–water partition coefficient (Wildman–Crippen LogP) is 3.68. The molecule has 1 amide bonds. The maximum atomic E-state index is 12.1. The Labute approximate surface area is 111 Å². The van der Waals surface area contributed by atoms with E-state index in [9.17, 15) is 4.79 Å². The maximum absolute atomic E-state index is 12.1. The predicted molar refractivity (Wildman–Crippen MR) is 73.1 cm³/mol. The average molecular weight is 296 g/mol. The molecule has 92 valence electrons. The van der Waals surface area contributed by atoms with Crippen LogP contribution in [0.3, 0.4) is 0 Å². The van der Waals surface area contributed by atoms with Crippen molar-refractivity contribution in [3.05, 3.63) is 33.8 Å². The minimum atomic E-state index is 0.0359. The number of hydrogen-bond donors (Lipinski definition) is 1. The van der Waals surface area contributed by atoms with Gasteiger partial charge in [0, 0.05) is 16.1 Å². The van der Waals surface area contributed by atoms with E-state index in [4.69, 9.17) is 0 Å². The van der Waals surface area contributed by atoms with Crippen LogP contribution in [0.15, 0.2) is 22.7 Å². The number of carbonyl (C=O) groups is 1. The standard InChI is InChI=1S/C14H18BrNO/c1-9-6-12(8-13(15)7-9)14(17)16-10(2)11-4-3-5-11/h6-8,10-11H,3-5H2,1-2H3,(H,16,17). The topological polar surface area (TPSA) is 29.1 Å². The smallest absolute Gasteiger partial charge is 0.251 e. The van der Waals surface area contributed by atoms with Crippen LogP contribution in [0.5, 0.6) is 0 Å². The number of benzene rings is 1. The van der Waals surface area contributed by atoms with E-state index in [0.29, 0.717) is 5.92 Å². The van der Waals surface area contributed by atoms with Gasteiger partial charge in [-0.25, -0.2) is 0 Å². The molecule has 0 saturated heterocycles. The Hall–Kier alpha value is -0.830. The summed E-state index contributed by atoms with van der Waals surface area (Å²) in [5.74, 6) is 0.709. The minimum Gasteiger partial charge on any atom is -0.349 e. The Morgan fingerprint density at radius 1 is 1.41 bits per heavy atom. The van der Waals surface area contributed by atoms with Gasteiger partial charge in [0.25, 0.3) is 5.91 Å². The third-order valence-electron chi connectivity index (χ3n) is 3.52. The summed E-state index contributed by atoms with van der Waals surface area (Å²) in [5, 5.41) is 3.09. The monoisotopic (exact) mass is 295 g/mol. The van der Waals surface area contributed by atoms with Crippen molar-refractivity contribution in [3.8, 4) is 0 Å². The lowest BCUT2D eigenvalue weighted by molar-refractivity contribution is 0.0909. The van der Waals surface area contributed by atoms with Gasteiger partial charge in [-0.05, 0) is 56.4 Å². The molecule has 1 saturated carbocycles. The molecule has 1 atom stereocenters.